The van der Waals surface area contributed by atoms with E-state index in [-0.39, 0.29) is 11.4 Å². The minimum absolute atomic E-state index is 0.208. The van der Waals surface area contributed by atoms with Gasteiger partial charge in [0, 0.05) is 17.7 Å². The lowest BCUT2D eigenvalue weighted by Gasteiger charge is -2.23. The largest absolute Gasteiger partial charge is 0.366 e. The van der Waals surface area contributed by atoms with Crippen LogP contribution in [-0.2, 0) is 19.4 Å². The van der Waals surface area contributed by atoms with Crippen molar-refractivity contribution >= 4 is 11.5 Å². The van der Waals surface area contributed by atoms with E-state index in [2.05, 4.69) is 11.4 Å². The zero-order valence-electron chi connectivity index (χ0n) is 17.2. The summed E-state index contributed by atoms with van der Waals surface area (Å²) < 4.78 is 29.3. The second-order valence-electron chi connectivity index (χ2n) is 8.21. The van der Waals surface area contributed by atoms with Crippen LogP contribution in [0.5, 0.6) is 0 Å². The number of rotatable bonds is 3. The van der Waals surface area contributed by atoms with E-state index in [0.717, 1.165) is 58.5 Å². The first-order chi connectivity index (χ1) is 15.0. The van der Waals surface area contributed by atoms with Crippen molar-refractivity contribution in [2.24, 2.45) is 5.73 Å². The number of carbonyl (C=O) groups excluding carboxylic acids is 1. The van der Waals surface area contributed by atoms with Crippen LogP contribution in [-0.4, -0.2) is 12.5 Å². The average molecular weight is 416 g/mol. The number of hydrogen-bond acceptors (Lipinski definition) is 2. The highest BCUT2D eigenvalue weighted by molar-refractivity contribution is 6.03. The summed E-state index contributed by atoms with van der Waals surface area (Å²) in [6.07, 6.45) is 1.30. The third kappa shape index (κ3) is 3.17. The number of nitrogens with one attached hydrogen (secondary N) is 1. The zero-order chi connectivity index (χ0) is 21.7. The van der Waals surface area contributed by atoms with Crippen LogP contribution in [0.25, 0.3) is 16.7 Å². The van der Waals surface area contributed by atoms with E-state index in [0.29, 0.717) is 17.5 Å². The molecule has 0 bridgehead atoms. The first-order valence-corrected chi connectivity index (χ1v) is 10.4. The van der Waals surface area contributed by atoms with E-state index in [1.54, 1.807) is 12.1 Å². The first kappa shape index (κ1) is 19.6. The molecule has 1 aliphatic heterocycles. The Morgan fingerprint density at radius 3 is 2.55 bits per heavy atom. The molecule has 1 heterocycles. The smallest absolute Gasteiger partial charge is 0.249 e. The number of primary amides is 1. The molecule has 0 saturated carbocycles. The van der Waals surface area contributed by atoms with Crippen molar-refractivity contribution in [3.63, 3.8) is 0 Å². The van der Waals surface area contributed by atoms with Crippen molar-refractivity contribution in [2.75, 3.05) is 6.54 Å². The fraction of sp³-hybridized carbons (Fsp3) is 0.192. The van der Waals surface area contributed by atoms with Crippen LogP contribution in [0.15, 0.2) is 54.1 Å². The quantitative estimate of drug-likeness (QED) is 0.647. The summed E-state index contributed by atoms with van der Waals surface area (Å²) in [7, 11) is 0. The number of halogens is 2. The molecule has 0 aromatic heterocycles. The van der Waals surface area contributed by atoms with Gasteiger partial charge >= 0.3 is 0 Å². The summed E-state index contributed by atoms with van der Waals surface area (Å²) in [5, 5.41) is 3.36. The van der Waals surface area contributed by atoms with Gasteiger partial charge in [-0.05, 0) is 83.5 Å². The maximum Gasteiger partial charge on any atom is 0.249 e. The van der Waals surface area contributed by atoms with Crippen molar-refractivity contribution in [3.8, 4) is 11.1 Å². The Balaban J connectivity index is 1.84. The Morgan fingerprint density at radius 1 is 1.03 bits per heavy atom. The van der Waals surface area contributed by atoms with Crippen LogP contribution >= 0.6 is 0 Å². The fourth-order valence-electron chi connectivity index (χ4n) is 4.97. The molecule has 2 aliphatic rings. The number of benzene rings is 3. The van der Waals surface area contributed by atoms with Gasteiger partial charge < -0.3 is 11.1 Å². The van der Waals surface area contributed by atoms with Gasteiger partial charge in [0.2, 0.25) is 5.91 Å². The summed E-state index contributed by atoms with van der Waals surface area (Å²) in [6.45, 7) is 3.54. The molecule has 3 N–H and O–H groups in total. The van der Waals surface area contributed by atoms with E-state index in [9.17, 15) is 9.18 Å². The Labute approximate surface area is 179 Å². The van der Waals surface area contributed by atoms with Crippen molar-refractivity contribution in [2.45, 2.75) is 26.3 Å². The van der Waals surface area contributed by atoms with Crippen molar-refractivity contribution < 1.29 is 13.6 Å². The summed E-state index contributed by atoms with van der Waals surface area (Å²) in [4.78, 5) is 12.2. The molecule has 5 rings (SSSR count). The highest BCUT2D eigenvalue weighted by atomic mass is 19.1. The van der Waals surface area contributed by atoms with Gasteiger partial charge in [0.05, 0.1) is 0 Å². The molecule has 0 radical (unpaired) electrons. The second-order valence-corrected chi connectivity index (χ2v) is 8.21. The number of carbonyl (C=O) groups is 1. The second kappa shape index (κ2) is 7.43. The fourth-order valence-corrected chi connectivity index (χ4v) is 4.97. The number of hydrogen-bond donors (Lipinski definition) is 2. The van der Waals surface area contributed by atoms with Gasteiger partial charge in [-0.3, -0.25) is 4.79 Å². The molecule has 156 valence electrons. The van der Waals surface area contributed by atoms with Gasteiger partial charge in [-0.25, -0.2) is 8.78 Å². The van der Waals surface area contributed by atoms with E-state index in [1.807, 2.05) is 19.1 Å². The Morgan fingerprint density at radius 2 is 1.81 bits per heavy atom. The highest BCUT2D eigenvalue weighted by Gasteiger charge is 2.31. The number of fused-ring (bicyclic) bond motifs is 2. The first-order valence-electron chi connectivity index (χ1n) is 10.4. The number of nitrogens with two attached hydrogens (primary N) is 1. The molecule has 0 unspecified atom stereocenters. The van der Waals surface area contributed by atoms with E-state index in [4.69, 9.17) is 5.73 Å². The molecule has 5 heteroatoms. The molecule has 3 aromatic carbocycles. The molecule has 0 atom stereocenters. The SMILES string of the molecule is CC1=C(c2ccc(F)cc2)c2c(c(C(N)=O)cc(F)c2-c2cccc3c2CCNC3)C1. The minimum Gasteiger partial charge on any atom is -0.366 e. The third-order valence-electron chi connectivity index (χ3n) is 6.31. The summed E-state index contributed by atoms with van der Waals surface area (Å²) in [5.41, 5.74) is 13.5. The summed E-state index contributed by atoms with van der Waals surface area (Å²) >= 11 is 0. The summed E-state index contributed by atoms with van der Waals surface area (Å²) in [5.74, 6) is -1.44. The van der Waals surface area contributed by atoms with Gasteiger partial charge in [-0.2, -0.15) is 0 Å². The molecule has 1 amide bonds. The molecule has 31 heavy (non-hydrogen) atoms. The number of amides is 1. The maximum atomic E-state index is 15.7. The minimum atomic E-state index is -0.644. The molecule has 0 spiro atoms. The van der Waals surface area contributed by atoms with Crippen molar-refractivity contribution in [1.29, 1.82) is 0 Å². The lowest BCUT2D eigenvalue weighted by Crippen LogP contribution is -2.24. The lowest BCUT2D eigenvalue weighted by atomic mass is 9.84. The normalized spacial score (nSPS) is 15.1. The molecular weight excluding hydrogens is 394 g/mol. The van der Waals surface area contributed by atoms with Gasteiger partial charge in [-0.15, -0.1) is 0 Å². The molecule has 3 nitrogen and oxygen atoms in total. The Bertz CT molecular complexity index is 1260. The van der Waals surface area contributed by atoms with Crippen LogP contribution < -0.4 is 11.1 Å². The molecule has 3 aromatic rings. The summed E-state index contributed by atoms with van der Waals surface area (Å²) in [6, 6.07) is 13.4. The average Bonchev–Trinajstić information content (AvgIpc) is 3.10. The van der Waals surface area contributed by atoms with Crippen LogP contribution in [0, 0.1) is 11.6 Å². The number of allylic oxidation sites excluding steroid dienone is 1. The van der Waals surface area contributed by atoms with E-state index < -0.39 is 11.7 Å². The van der Waals surface area contributed by atoms with E-state index in [1.165, 1.54) is 18.2 Å². The standard InChI is InChI=1S/C26H22F2N2O/c1-14-11-20-21(26(29)31)12-22(28)24(19-4-2-3-16-13-30-10-9-18(16)19)25(20)23(14)15-5-7-17(27)8-6-15/h2-8,12,30H,9-11,13H2,1H3,(H2,29,31). The van der Waals surface area contributed by atoms with Crippen molar-refractivity contribution in [3.05, 3.63) is 99.1 Å². The highest BCUT2D eigenvalue weighted by Crippen LogP contribution is 2.46. The predicted molar refractivity (Wildman–Crippen MR) is 118 cm³/mol. The topological polar surface area (TPSA) is 55.1 Å². The molecule has 0 saturated heterocycles. The Kier molecular flexibility index (Phi) is 4.71. The third-order valence-corrected chi connectivity index (χ3v) is 6.31. The van der Waals surface area contributed by atoms with Gasteiger partial charge in [-0.1, -0.05) is 35.9 Å². The maximum absolute atomic E-state index is 15.7. The lowest BCUT2D eigenvalue weighted by molar-refractivity contribution is 0.0999. The monoisotopic (exact) mass is 416 g/mol. The van der Waals surface area contributed by atoms with Gasteiger partial charge in [0.15, 0.2) is 0 Å². The molecular formula is C26H22F2N2O. The van der Waals surface area contributed by atoms with Crippen molar-refractivity contribution in [1.82, 2.24) is 5.32 Å². The van der Waals surface area contributed by atoms with Gasteiger partial charge in [0.25, 0.3) is 0 Å². The van der Waals surface area contributed by atoms with Crippen LogP contribution in [0.2, 0.25) is 0 Å². The Hall–Kier alpha value is -3.31. The zero-order valence-corrected chi connectivity index (χ0v) is 17.2. The van der Waals surface area contributed by atoms with Crippen LogP contribution in [0.3, 0.4) is 0 Å². The molecule has 1 aliphatic carbocycles. The van der Waals surface area contributed by atoms with Crippen LogP contribution in [0.4, 0.5) is 8.78 Å². The molecule has 0 fully saturated rings. The predicted octanol–water partition coefficient (Wildman–Crippen LogP) is 4.75. The van der Waals surface area contributed by atoms with E-state index >= 15 is 4.39 Å². The van der Waals surface area contributed by atoms with Crippen LogP contribution in [0.1, 0.15) is 45.1 Å². The van der Waals surface area contributed by atoms with Gasteiger partial charge in [0.1, 0.15) is 11.6 Å².